The van der Waals surface area contributed by atoms with E-state index in [1.807, 2.05) is 6.92 Å². The maximum atomic E-state index is 9.53. The average molecular weight is 230 g/mol. The topological polar surface area (TPSA) is 117 Å². The van der Waals surface area contributed by atoms with Crippen LogP contribution in [-0.4, -0.2) is 50.5 Å². The molecule has 0 spiro atoms. The van der Waals surface area contributed by atoms with Crippen LogP contribution in [-0.2, 0) is 6.54 Å². The Labute approximate surface area is 93.5 Å². The second-order valence-corrected chi connectivity index (χ2v) is 3.48. The molecule has 0 aliphatic rings. The SMILES string of the molecule is CCNc1c(N)cnn1CC(O)C(O)CO. The van der Waals surface area contributed by atoms with Crippen LogP contribution in [0, 0.1) is 0 Å². The Morgan fingerprint density at radius 1 is 1.50 bits per heavy atom. The lowest BCUT2D eigenvalue weighted by Crippen LogP contribution is -2.33. The van der Waals surface area contributed by atoms with Gasteiger partial charge in [0, 0.05) is 6.54 Å². The Bertz CT molecular complexity index is 329. The van der Waals surface area contributed by atoms with Gasteiger partial charge in [0.25, 0.3) is 0 Å². The van der Waals surface area contributed by atoms with Crippen LogP contribution in [0.3, 0.4) is 0 Å². The third-order valence-corrected chi connectivity index (χ3v) is 2.20. The fourth-order valence-electron chi connectivity index (χ4n) is 1.32. The summed E-state index contributed by atoms with van der Waals surface area (Å²) in [6.45, 7) is 2.17. The van der Waals surface area contributed by atoms with E-state index in [2.05, 4.69) is 10.4 Å². The number of nitrogens with one attached hydrogen (secondary N) is 1. The zero-order valence-corrected chi connectivity index (χ0v) is 9.17. The van der Waals surface area contributed by atoms with Crippen LogP contribution in [0.4, 0.5) is 11.5 Å². The molecule has 1 heterocycles. The molecule has 0 aliphatic carbocycles. The number of aliphatic hydroxyl groups is 3. The van der Waals surface area contributed by atoms with Crippen molar-refractivity contribution in [3.05, 3.63) is 6.20 Å². The molecule has 1 aromatic rings. The molecule has 0 bridgehead atoms. The number of nitrogen functional groups attached to an aromatic ring is 1. The van der Waals surface area contributed by atoms with E-state index < -0.39 is 18.8 Å². The third kappa shape index (κ3) is 2.84. The Morgan fingerprint density at radius 3 is 2.75 bits per heavy atom. The summed E-state index contributed by atoms with van der Waals surface area (Å²) in [7, 11) is 0. The first-order chi connectivity index (χ1) is 7.60. The van der Waals surface area contributed by atoms with Crippen molar-refractivity contribution in [2.24, 2.45) is 0 Å². The van der Waals surface area contributed by atoms with Gasteiger partial charge in [-0.1, -0.05) is 0 Å². The van der Waals surface area contributed by atoms with Gasteiger partial charge in [0.05, 0.1) is 25.0 Å². The number of nitrogens with zero attached hydrogens (tertiary/aromatic N) is 2. The number of aliphatic hydroxyl groups excluding tert-OH is 3. The lowest BCUT2D eigenvalue weighted by molar-refractivity contribution is -0.0227. The van der Waals surface area contributed by atoms with E-state index in [0.29, 0.717) is 18.1 Å². The molecule has 0 amide bonds. The summed E-state index contributed by atoms with van der Waals surface area (Å²) in [6, 6.07) is 0. The maximum Gasteiger partial charge on any atom is 0.147 e. The number of hydrogen-bond acceptors (Lipinski definition) is 6. The largest absolute Gasteiger partial charge is 0.394 e. The predicted molar refractivity (Wildman–Crippen MR) is 59.9 cm³/mol. The Hall–Kier alpha value is -1.31. The average Bonchev–Trinajstić information content (AvgIpc) is 2.61. The lowest BCUT2D eigenvalue weighted by Gasteiger charge is -2.17. The van der Waals surface area contributed by atoms with Gasteiger partial charge in [-0.25, -0.2) is 4.68 Å². The molecule has 6 N–H and O–H groups in total. The molecule has 92 valence electrons. The fraction of sp³-hybridized carbons (Fsp3) is 0.667. The van der Waals surface area contributed by atoms with Crippen LogP contribution < -0.4 is 11.1 Å². The monoisotopic (exact) mass is 230 g/mol. The highest BCUT2D eigenvalue weighted by Gasteiger charge is 2.18. The summed E-state index contributed by atoms with van der Waals surface area (Å²) in [4.78, 5) is 0. The smallest absolute Gasteiger partial charge is 0.147 e. The van der Waals surface area contributed by atoms with Crippen molar-refractivity contribution < 1.29 is 15.3 Å². The second-order valence-electron chi connectivity index (χ2n) is 3.48. The van der Waals surface area contributed by atoms with E-state index in [1.165, 1.54) is 10.9 Å². The lowest BCUT2D eigenvalue weighted by atomic mass is 10.2. The van der Waals surface area contributed by atoms with Crippen molar-refractivity contribution in [3.63, 3.8) is 0 Å². The first-order valence-corrected chi connectivity index (χ1v) is 5.12. The summed E-state index contributed by atoms with van der Waals surface area (Å²) in [5, 5.41) is 34.4. The van der Waals surface area contributed by atoms with E-state index in [-0.39, 0.29) is 6.54 Å². The van der Waals surface area contributed by atoms with E-state index in [9.17, 15) is 10.2 Å². The second kappa shape index (κ2) is 5.69. The highest BCUT2D eigenvalue weighted by Crippen LogP contribution is 2.17. The number of rotatable bonds is 6. The molecule has 0 saturated carbocycles. The normalized spacial score (nSPS) is 14.8. The first-order valence-electron chi connectivity index (χ1n) is 5.12. The molecule has 0 fully saturated rings. The van der Waals surface area contributed by atoms with E-state index in [4.69, 9.17) is 10.8 Å². The van der Waals surface area contributed by atoms with Crippen LogP contribution in [0.5, 0.6) is 0 Å². The predicted octanol–water partition coefficient (Wildman–Crippen LogP) is -1.39. The van der Waals surface area contributed by atoms with Gasteiger partial charge in [-0.05, 0) is 6.92 Å². The molecule has 2 atom stereocenters. The van der Waals surface area contributed by atoms with E-state index in [0.717, 1.165) is 0 Å². The van der Waals surface area contributed by atoms with Gasteiger partial charge < -0.3 is 26.4 Å². The zero-order valence-electron chi connectivity index (χ0n) is 9.17. The minimum absolute atomic E-state index is 0.0707. The van der Waals surface area contributed by atoms with Crippen LogP contribution in [0.25, 0.3) is 0 Å². The molecule has 16 heavy (non-hydrogen) atoms. The molecule has 7 heteroatoms. The Kier molecular flexibility index (Phi) is 4.53. The van der Waals surface area contributed by atoms with Gasteiger partial charge in [-0.3, -0.25) is 0 Å². The molecular formula is C9H18N4O3. The van der Waals surface area contributed by atoms with Crippen molar-refractivity contribution in [2.45, 2.75) is 25.7 Å². The highest BCUT2D eigenvalue weighted by molar-refractivity contribution is 5.60. The molecule has 1 aromatic heterocycles. The van der Waals surface area contributed by atoms with Gasteiger partial charge in [-0.2, -0.15) is 5.10 Å². The Morgan fingerprint density at radius 2 is 2.19 bits per heavy atom. The fourth-order valence-corrected chi connectivity index (χ4v) is 1.32. The summed E-state index contributed by atoms with van der Waals surface area (Å²) in [5.41, 5.74) is 6.15. The molecule has 2 unspecified atom stereocenters. The molecule has 1 rings (SSSR count). The molecule has 0 aromatic carbocycles. The molecular weight excluding hydrogens is 212 g/mol. The quantitative estimate of drug-likeness (QED) is 0.411. The zero-order chi connectivity index (χ0) is 12.1. The van der Waals surface area contributed by atoms with Crippen LogP contribution in [0.2, 0.25) is 0 Å². The Balaban J connectivity index is 2.72. The molecule has 7 nitrogen and oxygen atoms in total. The summed E-state index contributed by atoms with van der Waals surface area (Å²) in [6.07, 6.45) is -0.794. The van der Waals surface area contributed by atoms with Gasteiger partial charge in [0.1, 0.15) is 18.0 Å². The maximum absolute atomic E-state index is 9.53. The minimum atomic E-state index is -1.18. The highest BCUT2D eigenvalue weighted by atomic mass is 16.4. The van der Waals surface area contributed by atoms with Crippen molar-refractivity contribution in [2.75, 3.05) is 24.2 Å². The first kappa shape index (κ1) is 12.8. The number of aromatic nitrogens is 2. The van der Waals surface area contributed by atoms with E-state index >= 15 is 0 Å². The van der Waals surface area contributed by atoms with Crippen LogP contribution in [0.15, 0.2) is 6.20 Å². The summed E-state index contributed by atoms with van der Waals surface area (Å²) >= 11 is 0. The number of hydrogen-bond donors (Lipinski definition) is 5. The van der Waals surface area contributed by atoms with Gasteiger partial charge >= 0.3 is 0 Å². The number of anilines is 2. The van der Waals surface area contributed by atoms with Gasteiger partial charge in [0.15, 0.2) is 0 Å². The van der Waals surface area contributed by atoms with E-state index in [1.54, 1.807) is 0 Å². The van der Waals surface area contributed by atoms with Crippen molar-refractivity contribution in [1.29, 1.82) is 0 Å². The van der Waals surface area contributed by atoms with Gasteiger partial charge in [0.2, 0.25) is 0 Å². The third-order valence-electron chi connectivity index (χ3n) is 2.20. The van der Waals surface area contributed by atoms with Crippen molar-refractivity contribution in [1.82, 2.24) is 9.78 Å². The molecule has 0 aliphatic heterocycles. The molecule has 0 radical (unpaired) electrons. The van der Waals surface area contributed by atoms with Crippen molar-refractivity contribution >= 4 is 11.5 Å². The van der Waals surface area contributed by atoms with Crippen molar-refractivity contribution in [3.8, 4) is 0 Å². The van der Waals surface area contributed by atoms with Gasteiger partial charge in [-0.15, -0.1) is 0 Å². The summed E-state index contributed by atoms with van der Waals surface area (Å²) in [5.74, 6) is 0.603. The standard InChI is InChI=1S/C9H18N4O3/c1-2-11-9-6(10)3-12-13(9)4-7(15)8(16)5-14/h3,7-8,11,14-16H,2,4-5,10H2,1H3. The minimum Gasteiger partial charge on any atom is -0.394 e. The number of nitrogens with two attached hydrogens (primary N) is 1. The van der Waals surface area contributed by atoms with Crippen LogP contribution in [0.1, 0.15) is 6.92 Å². The molecule has 0 saturated heterocycles. The van der Waals surface area contributed by atoms with Crippen LogP contribution >= 0.6 is 0 Å². The summed E-state index contributed by atoms with van der Waals surface area (Å²) < 4.78 is 1.46.